The van der Waals surface area contributed by atoms with E-state index in [0.29, 0.717) is 0 Å². The van der Waals surface area contributed by atoms with E-state index < -0.39 is 0 Å². The second kappa shape index (κ2) is 7.30. The Hall–Kier alpha value is 0. The molecule has 1 aliphatic carbocycles. The highest BCUT2D eigenvalue weighted by atomic mass is 14.3. The molecule has 1 rings (SSSR count). The molecule has 90 valence electrons. The molecule has 1 aliphatic rings. The van der Waals surface area contributed by atoms with Crippen molar-refractivity contribution in [2.24, 2.45) is 5.41 Å². The zero-order valence-electron chi connectivity index (χ0n) is 11.0. The summed E-state index contributed by atoms with van der Waals surface area (Å²) in [4.78, 5) is 0. The van der Waals surface area contributed by atoms with Crippen molar-refractivity contribution in [3.8, 4) is 0 Å². The molecule has 0 saturated heterocycles. The minimum absolute atomic E-state index is 0.725. The van der Waals surface area contributed by atoms with Crippen molar-refractivity contribution >= 4 is 0 Å². The highest BCUT2D eigenvalue weighted by Crippen LogP contribution is 2.39. The van der Waals surface area contributed by atoms with E-state index in [1.54, 1.807) is 0 Å². The zero-order valence-corrected chi connectivity index (χ0v) is 11.0. The smallest absolute Gasteiger partial charge is 0.0326 e. The molecule has 0 heteroatoms. The number of hydrogen-bond acceptors (Lipinski definition) is 0. The maximum absolute atomic E-state index is 2.53. The van der Waals surface area contributed by atoms with E-state index in [1.807, 2.05) is 0 Å². The van der Waals surface area contributed by atoms with E-state index in [2.05, 4.69) is 13.8 Å². The summed E-state index contributed by atoms with van der Waals surface area (Å²) in [5, 5.41) is 0. The number of unbranched alkanes of at least 4 members (excludes halogenated alkanes) is 5. The first-order chi connectivity index (χ1) is 7.27. The van der Waals surface area contributed by atoms with Crippen LogP contribution in [0.25, 0.3) is 0 Å². The van der Waals surface area contributed by atoms with Gasteiger partial charge in [0.15, 0.2) is 0 Å². The molecule has 1 fully saturated rings. The van der Waals surface area contributed by atoms with Crippen LogP contribution in [0.4, 0.5) is 0 Å². The van der Waals surface area contributed by atoms with Gasteiger partial charge in [-0.25, -0.2) is 0 Å². The van der Waals surface area contributed by atoms with Crippen molar-refractivity contribution in [1.82, 2.24) is 0 Å². The van der Waals surface area contributed by atoms with E-state index in [1.165, 1.54) is 77.0 Å². The van der Waals surface area contributed by atoms with Crippen LogP contribution in [0.1, 0.15) is 90.9 Å². The third-order valence-electron chi connectivity index (χ3n) is 4.19. The summed E-state index contributed by atoms with van der Waals surface area (Å²) < 4.78 is 0. The molecule has 0 aromatic heterocycles. The fraction of sp³-hybridized carbons (Fsp3) is 1.00. The molecule has 0 atom stereocenters. The van der Waals surface area contributed by atoms with E-state index in [4.69, 9.17) is 0 Å². The van der Waals surface area contributed by atoms with Crippen LogP contribution >= 0.6 is 0 Å². The minimum Gasteiger partial charge on any atom is -0.0654 e. The standard InChI is InChI=1S/C15H30/c1-3-4-5-6-7-9-12-15(2)13-10-8-11-14-15/h3-14H2,1-2H3. The van der Waals surface area contributed by atoms with Gasteiger partial charge in [-0.2, -0.15) is 0 Å². The number of hydrogen-bond donors (Lipinski definition) is 0. The van der Waals surface area contributed by atoms with Crippen LogP contribution in [0.2, 0.25) is 0 Å². The fourth-order valence-corrected chi connectivity index (χ4v) is 2.99. The van der Waals surface area contributed by atoms with E-state index in [9.17, 15) is 0 Å². The van der Waals surface area contributed by atoms with Crippen LogP contribution in [0.3, 0.4) is 0 Å². The van der Waals surface area contributed by atoms with Crippen LogP contribution in [0, 0.1) is 5.41 Å². The van der Waals surface area contributed by atoms with Gasteiger partial charge in [0.2, 0.25) is 0 Å². The first kappa shape index (κ1) is 13.1. The normalized spacial score (nSPS) is 20.4. The lowest BCUT2D eigenvalue weighted by Gasteiger charge is -2.33. The van der Waals surface area contributed by atoms with Crippen LogP contribution in [0.15, 0.2) is 0 Å². The first-order valence-corrected chi connectivity index (χ1v) is 7.27. The summed E-state index contributed by atoms with van der Waals surface area (Å²) >= 11 is 0. The number of rotatable bonds is 7. The largest absolute Gasteiger partial charge is 0.0654 e. The maximum Gasteiger partial charge on any atom is -0.0326 e. The van der Waals surface area contributed by atoms with Gasteiger partial charge in [-0.15, -0.1) is 0 Å². The summed E-state index contributed by atoms with van der Waals surface area (Å²) in [5.41, 5.74) is 0.725. The molecule has 15 heavy (non-hydrogen) atoms. The topological polar surface area (TPSA) is 0 Å². The quantitative estimate of drug-likeness (QED) is 0.472. The van der Waals surface area contributed by atoms with Crippen LogP contribution in [-0.2, 0) is 0 Å². The molecule has 0 spiro atoms. The maximum atomic E-state index is 2.53. The van der Waals surface area contributed by atoms with Crippen molar-refractivity contribution in [2.45, 2.75) is 90.9 Å². The predicted octanol–water partition coefficient (Wildman–Crippen LogP) is 5.71. The Balaban J connectivity index is 1.98. The van der Waals surface area contributed by atoms with Gasteiger partial charge in [-0.3, -0.25) is 0 Å². The molecule has 0 radical (unpaired) electrons. The molecule has 0 nitrogen and oxygen atoms in total. The molecule has 0 unspecified atom stereocenters. The Morgan fingerprint density at radius 3 is 2.07 bits per heavy atom. The van der Waals surface area contributed by atoms with Gasteiger partial charge in [0.05, 0.1) is 0 Å². The monoisotopic (exact) mass is 210 g/mol. The Morgan fingerprint density at radius 2 is 1.40 bits per heavy atom. The second-order valence-electron chi connectivity index (χ2n) is 5.89. The van der Waals surface area contributed by atoms with Gasteiger partial charge >= 0.3 is 0 Å². The highest BCUT2D eigenvalue weighted by molar-refractivity contribution is 4.78. The Morgan fingerprint density at radius 1 is 0.800 bits per heavy atom. The molecule has 0 aliphatic heterocycles. The Bertz CT molecular complexity index is 142. The molecular weight excluding hydrogens is 180 g/mol. The van der Waals surface area contributed by atoms with Crippen LogP contribution in [-0.4, -0.2) is 0 Å². The summed E-state index contributed by atoms with van der Waals surface area (Å²) in [5.74, 6) is 0. The van der Waals surface area contributed by atoms with Crippen molar-refractivity contribution in [3.63, 3.8) is 0 Å². The first-order valence-electron chi connectivity index (χ1n) is 7.27. The summed E-state index contributed by atoms with van der Waals surface area (Å²) in [6.45, 7) is 4.82. The van der Waals surface area contributed by atoms with Crippen LogP contribution in [0.5, 0.6) is 0 Å². The van der Waals surface area contributed by atoms with Gasteiger partial charge < -0.3 is 0 Å². The van der Waals surface area contributed by atoms with Gasteiger partial charge in [0.1, 0.15) is 0 Å². The minimum atomic E-state index is 0.725. The van der Waals surface area contributed by atoms with Gasteiger partial charge in [0.25, 0.3) is 0 Å². The van der Waals surface area contributed by atoms with Crippen molar-refractivity contribution < 1.29 is 0 Å². The summed E-state index contributed by atoms with van der Waals surface area (Å²) in [6.07, 6.45) is 17.7. The lowest BCUT2D eigenvalue weighted by molar-refractivity contribution is 0.192. The second-order valence-corrected chi connectivity index (χ2v) is 5.89. The SMILES string of the molecule is CCCCCCCCC1(C)CCCCC1. The lowest BCUT2D eigenvalue weighted by Crippen LogP contribution is -2.19. The van der Waals surface area contributed by atoms with Crippen molar-refractivity contribution in [3.05, 3.63) is 0 Å². The molecule has 0 bridgehead atoms. The fourth-order valence-electron chi connectivity index (χ4n) is 2.99. The lowest BCUT2D eigenvalue weighted by atomic mass is 9.72. The predicted molar refractivity (Wildman–Crippen MR) is 69.2 cm³/mol. The van der Waals surface area contributed by atoms with Gasteiger partial charge in [-0.05, 0) is 24.7 Å². The van der Waals surface area contributed by atoms with Gasteiger partial charge in [-0.1, -0.05) is 71.6 Å². The Kier molecular flexibility index (Phi) is 6.36. The molecule has 0 heterocycles. The molecule has 0 N–H and O–H groups in total. The third-order valence-corrected chi connectivity index (χ3v) is 4.19. The molecule has 0 aromatic rings. The van der Waals surface area contributed by atoms with E-state index in [-0.39, 0.29) is 0 Å². The van der Waals surface area contributed by atoms with Crippen molar-refractivity contribution in [2.75, 3.05) is 0 Å². The van der Waals surface area contributed by atoms with E-state index in [0.717, 1.165) is 5.41 Å². The highest BCUT2D eigenvalue weighted by Gasteiger charge is 2.25. The summed E-state index contributed by atoms with van der Waals surface area (Å²) in [6, 6.07) is 0. The average molecular weight is 210 g/mol. The summed E-state index contributed by atoms with van der Waals surface area (Å²) in [7, 11) is 0. The average Bonchev–Trinajstić information content (AvgIpc) is 2.24. The molecular formula is C15H30. The van der Waals surface area contributed by atoms with E-state index >= 15 is 0 Å². The molecule has 0 amide bonds. The van der Waals surface area contributed by atoms with Crippen LogP contribution < -0.4 is 0 Å². The molecule has 1 saturated carbocycles. The molecule has 0 aromatic carbocycles. The zero-order chi connectivity index (χ0) is 11.0. The van der Waals surface area contributed by atoms with Crippen molar-refractivity contribution in [1.29, 1.82) is 0 Å². The van der Waals surface area contributed by atoms with Gasteiger partial charge in [0, 0.05) is 0 Å². The third kappa shape index (κ3) is 5.58. The Labute approximate surface area is 96.8 Å².